The third kappa shape index (κ3) is 4.71. The number of thioether (sulfide) groups is 1. The fourth-order valence-corrected chi connectivity index (χ4v) is 4.33. The van der Waals surface area contributed by atoms with Crippen molar-refractivity contribution in [2.24, 2.45) is 0 Å². The lowest BCUT2D eigenvalue weighted by molar-refractivity contribution is -0.121. The summed E-state index contributed by atoms with van der Waals surface area (Å²) >= 11 is 1.61. The number of nitrogens with one attached hydrogen (secondary N) is 2. The highest BCUT2D eigenvalue weighted by molar-refractivity contribution is 7.98. The Labute approximate surface area is 179 Å². The number of urea groups is 1. The van der Waals surface area contributed by atoms with Crippen LogP contribution in [0.1, 0.15) is 28.9 Å². The van der Waals surface area contributed by atoms with Gasteiger partial charge in [0.25, 0.3) is 0 Å². The molecule has 1 saturated heterocycles. The molecule has 4 rings (SSSR count). The van der Waals surface area contributed by atoms with E-state index in [-0.39, 0.29) is 18.4 Å². The molecule has 7 nitrogen and oxygen atoms in total. The fourth-order valence-electron chi connectivity index (χ4n) is 3.40. The Morgan fingerprint density at radius 1 is 1.07 bits per heavy atom. The Balaban J connectivity index is 1.62. The number of amides is 3. The lowest BCUT2D eigenvalue weighted by Crippen LogP contribution is -2.53. The van der Waals surface area contributed by atoms with Gasteiger partial charge in [-0.05, 0) is 37.1 Å². The Morgan fingerprint density at radius 2 is 1.87 bits per heavy atom. The van der Waals surface area contributed by atoms with Gasteiger partial charge in [-0.3, -0.25) is 14.7 Å². The van der Waals surface area contributed by atoms with Gasteiger partial charge in [-0.2, -0.15) is 0 Å². The first-order valence-electron chi connectivity index (χ1n) is 9.78. The second-order valence-electron chi connectivity index (χ2n) is 7.47. The highest BCUT2D eigenvalue weighted by atomic mass is 32.2. The van der Waals surface area contributed by atoms with Crippen molar-refractivity contribution in [1.82, 2.24) is 25.4 Å². The molecular weight excluding hydrogens is 398 g/mol. The number of rotatable bonds is 6. The van der Waals surface area contributed by atoms with Crippen LogP contribution >= 0.6 is 11.8 Å². The summed E-state index contributed by atoms with van der Waals surface area (Å²) in [6, 6.07) is 15.8. The molecule has 1 atom stereocenters. The average Bonchev–Trinajstić information content (AvgIpc) is 3.09. The zero-order valence-electron chi connectivity index (χ0n) is 16.9. The van der Waals surface area contributed by atoms with Crippen molar-refractivity contribution in [3.63, 3.8) is 0 Å². The summed E-state index contributed by atoms with van der Waals surface area (Å²) in [4.78, 5) is 23.4. The van der Waals surface area contributed by atoms with E-state index in [2.05, 4.69) is 58.1 Å². The number of aryl methyl sites for hydroxylation is 2. The van der Waals surface area contributed by atoms with E-state index in [4.69, 9.17) is 0 Å². The summed E-state index contributed by atoms with van der Waals surface area (Å²) in [5.74, 6) is 1.21. The van der Waals surface area contributed by atoms with Gasteiger partial charge >= 0.3 is 6.03 Å². The Hall–Kier alpha value is -3.13. The highest BCUT2D eigenvalue weighted by Gasteiger charge is 2.26. The molecule has 2 heterocycles. The minimum Gasteiger partial charge on any atom is -0.334 e. The molecule has 3 aromatic rings. The van der Waals surface area contributed by atoms with Gasteiger partial charge in [0.15, 0.2) is 5.16 Å². The summed E-state index contributed by atoms with van der Waals surface area (Å²) in [5.41, 5.74) is 4.54. The molecule has 2 aromatic carbocycles. The van der Waals surface area contributed by atoms with Crippen LogP contribution in [-0.2, 0) is 17.0 Å². The minimum atomic E-state index is -0.466. The van der Waals surface area contributed by atoms with Gasteiger partial charge in [-0.15, -0.1) is 10.2 Å². The first kappa shape index (κ1) is 20.2. The molecule has 1 aromatic heterocycles. The quantitative estimate of drug-likeness (QED) is 0.596. The minimum absolute atomic E-state index is 0.220. The fraction of sp³-hybridized carbons (Fsp3) is 0.273. The molecule has 3 amide bonds. The van der Waals surface area contributed by atoms with E-state index in [0.717, 1.165) is 22.2 Å². The molecule has 2 N–H and O–H groups in total. The molecule has 0 radical (unpaired) electrons. The number of hydrogen-bond donors (Lipinski definition) is 2. The van der Waals surface area contributed by atoms with Gasteiger partial charge in [-0.1, -0.05) is 53.7 Å². The van der Waals surface area contributed by atoms with Crippen molar-refractivity contribution in [3.05, 3.63) is 71.0 Å². The van der Waals surface area contributed by atoms with Crippen molar-refractivity contribution >= 4 is 23.7 Å². The Kier molecular flexibility index (Phi) is 5.85. The molecule has 0 saturated carbocycles. The zero-order chi connectivity index (χ0) is 21.1. The summed E-state index contributed by atoms with van der Waals surface area (Å²) < 4.78 is 2.02. The third-order valence-corrected chi connectivity index (χ3v) is 5.90. The summed E-state index contributed by atoms with van der Waals surface area (Å²) in [6.45, 7) is 4.11. The van der Waals surface area contributed by atoms with Gasteiger partial charge in [0, 0.05) is 30.3 Å². The number of carbonyl (C=O) groups is 2. The normalized spacial score (nSPS) is 16.3. The second kappa shape index (κ2) is 8.71. The maximum absolute atomic E-state index is 11.7. The van der Waals surface area contributed by atoms with Crippen LogP contribution in [0, 0.1) is 13.8 Å². The van der Waals surface area contributed by atoms with Crippen LogP contribution in [0.15, 0.2) is 53.7 Å². The molecule has 0 spiro atoms. The van der Waals surface area contributed by atoms with Crippen LogP contribution in [-0.4, -0.2) is 32.7 Å². The van der Waals surface area contributed by atoms with E-state index >= 15 is 0 Å². The topological polar surface area (TPSA) is 88.9 Å². The molecule has 154 valence electrons. The second-order valence-corrected chi connectivity index (χ2v) is 8.42. The average molecular weight is 422 g/mol. The van der Waals surface area contributed by atoms with Gasteiger partial charge in [0.1, 0.15) is 5.82 Å². The monoisotopic (exact) mass is 421 g/mol. The van der Waals surface area contributed by atoms with E-state index < -0.39 is 6.03 Å². The van der Waals surface area contributed by atoms with E-state index in [1.807, 2.05) is 29.7 Å². The van der Waals surface area contributed by atoms with Crippen molar-refractivity contribution < 1.29 is 9.59 Å². The molecule has 1 fully saturated rings. The lowest BCUT2D eigenvalue weighted by atomic mass is 10.1. The molecule has 0 aliphatic carbocycles. The van der Waals surface area contributed by atoms with Crippen molar-refractivity contribution in [2.75, 3.05) is 0 Å². The van der Waals surface area contributed by atoms with Gasteiger partial charge in [0.05, 0.1) is 0 Å². The molecule has 8 heteroatoms. The number of benzene rings is 2. The Bertz CT molecular complexity index is 1060. The van der Waals surface area contributed by atoms with Crippen molar-refractivity contribution in [2.45, 2.75) is 43.6 Å². The Morgan fingerprint density at radius 3 is 2.60 bits per heavy atom. The van der Waals surface area contributed by atoms with Crippen LogP contribution in [0.2, 0.25) is 0 Å². The standard InChI is InChI=1S/C22H23N5O2S/c1-14-6-8-16(9-7-14)13-30-22-26-25-19(11-17-12-20(28)24-21(29)23-17)27(22)18-5-3-4-15(2)10-18/h3-10,17H,11-13H2,1-2H3,(H2,23,24,28,29). The van der Waals surface area contributed by atoms with Gasteiger partial charge in [0.2, 0.25) is 5.91 Å². The zero-order valence-corrected chi connectivity index (χ0v) is 17.7. The molecule has 1 aliphatic rings. The summed E-state index contributed by atoms with van der Waals surface area (Å²) in [7, 11) is 0. The number of nitrogens with zero attached hydrogens (tertiary/aromatic N) is 3. The van der Waals surface area contributed by atoms with Crippen LogP contribution in [0.5, 0.6) is 0 Å². The third-order valence-electron chi connectivity index (χ3n) is 4.90. The predicted molar refractivity (Wildman–Crippen MR) is 116 cm³/mol. The SMILES string of the molecule is Cc1ccc(CSc2nnc(CC3CC(=O)NC(=O)N3)n2-c2cccc(C)c2)cc1. The van der Waals surface area contributed by atoms with Crippen LogP contribution < -0.4 is 10.6 Å². The summed E-state index contributed by atoms with van der Waals surface area (Å²) in [6.07, 6.45) is 0.642. The van der Waals surface area contributed by atoms with Crippen LogP contribution in [0.25, 0.3) is 5.69 Å². The van der Waals surface area contributed by atoms with Crippen molar-refractivity contribution in [3.8, 4) is 5.69 Å². The predicted octanol–water partition coefficient (Wildman–Crippen LogP) is 3.32. The number of hydrogen-bond acceptors (Lipinski definition) is 5. The highest BCUT2D eigenvalue weighted by Crippen LogP contribution is 2.26. The molecular formula is C22H23N5O2S. The largest absolute Gasteiger partial charge is 0.334 e. The smallest absolute Gasteiger partial charge is 0.321 e. The number of imide groups is 1. The van der Waals surface area contributed by atoms with E-state index in [9.17, 15) is 9.59 Å². The maximum Gasteiger partial charge on any atom is 0.321 e. The van der Waals surface area contributed by atoms with E-state index in [1.54, 1.807) is 11.8 Å². The maximum atomic E-state index is 11.7. The molecule has 1 aliphatic heterocycles. The molecule has 1 unspecified atom stereocenters. The van der Waals surface area contributed by atoms with E-state index in [0.29, 0.717) is 12.2 Å². The van der Waals surface area contributed by atoms with Crippen LogP contribution in [0.4, 0.5) is 4.79 Å². The molecule has 30 heavy (non-hydrogen) atoms. The van der Waals surface area contributed by atoms with Gasteiger partial charge < -0.3 is 5.32 Å². The molecule has 0 bridgehead atoms. The van der Waals surface area contributed by atoms with Crippen LogP contribution in [0.3, 0.4) is 0 Å². The van der Waals surface area contributed by atoms with E-state index in [1.165, 1.54) is 11.1 Å². The van der Waals surface area contributed by atoms with Crippen molar-refractivity contribution in [1.29, 1.82) is 0 Å². The first-order valence-corrected chi connectivity index (χ1v) is 10.8. The number of aromatic nitrogens is 3. The first-order chi connectivity index (χ1) is 14.5. The lowest BCUT2D eigenvalue weighted by Gasteiger charge is -2.23. The van der Waals surface area contributed by atoms with Gasteiger partial charge in [-0.25, -0.2) is 4.79 Å². The number of carbonyl (C=O) groups excluding carboxylic acids is 2. The summed E-state index contributed by atoms with van der Waals surface area (Å²) in [5, 5.41) is 14.7.